The van der Waals surface area contributed by atoms with E-state index >= 15 is 0 Å². The van der Waals surface area contributed by atoms with Crippen LogP contribution in [0.1, 0.15) is 60.3 Å². The molecule has 2 amide bonds. The maximum absolute atomic E-state index is 13.2. The van der Waals surface area contributed by atoms with Gasteiger partial charge in [0.05, 0.1) is 6.04 Å². The van der Waals surface area contributed by atoms with Gasteiger partial charge in [0, 0.05) is 50.7 Å². The molecule has 0 saturated carbocycles. The zero-order valence-corrected chi connectivity index (χ0v) is 21.6. The minimum Gasteiger partial charge on any atom is -0.444 e. The van der Waals surface area contributed by atoms with Crippen molar-refractivity contribution in [2.45, 2.75) is 52.7 Å². The summed E-state index contributed by atoms with van der Waals surface area (Å²) < 4.78 is 5.49. The van der Waals surface area contributed by atoms with Gasteiger partial charge in [0.25, 0.3) is 5.91 Å². The molecule has 3 atom stereocenters. The van der Waals surface area contributed by atoms with E-state index in [4.69, 9.17) is 4.74 Å². The Bertz CT molecular complexity index is 1020. The second kappa shape index (κ2) is 10.4. The van der Waals surface area contributed by atoms with Crippen LogP contribution in [0.3, 0.4) is 0 Å². The number of likely N-dealkylation sites (tertiary alicyclic amines) is 2. The van der Waals surface area contributed by atoms with Gasteiger partial charge in [-0.15, -0.1) is 0 Å². The SMILES string of the molecule is Cc1cccc(C)c1C(=O)N1CC2CN(CCC(NC(=O)OC(C)(C)C)c3cccnc3)CC2C1. The topological polar surface area (TPSA) is 74.8 Å². The summed E-state index contributed by atoms with van der Waals surface area (Å²) in [5, 5.41) is 3.03. The lowest BCUT2D eigenvalue weighted by Gasteiger charge is -2.26. The van der Waals surface area contributed by atoms with Gasteiger partial charge in [-0.3, -0.25) is 9.78 Å². The average molecular weight is 479 g/mol. The quantitative estimate of drug-likeness (QED) is 0.668. The monoisotopic (exact) mass is 478 g/mol. The van der Waals surface area contributed by atoms with Crippen LogP contribution >= 0.6 is 0 Å². The molecule has 188 valence electrons. The fourth-order valence-electron chi connectivity index (χ4n) is 5.41. The first-order chi connectivity index (χ1) is 16.6. The van der Waals surface area contributed by atoms with Crippen molar-refractivity contribution < 1.29 is 14.3 Å². The Morgan fingerprint density at radius 1 is 1.06 bits per heavy atom. The number of nitrogens with one attached hydrogen (secondary N) is 1. The molecule has 3 unspecified atom stereocenters. The van der Waals surface area contributed by atoms with E-state index in [2.05, 4.69) is 15.2 Å². The first-order valence-electron chi connectivity index (χ1n) is 12.6. The summed E-state index contributed by atoms with van der Waals surface area (Å²) in [4.78, 5) is 34.4. The largest absolute Gasteiger partial charge is 0.444 e. The second-order valence-electron chi connectivity index (χ2n) is 11.0. The van der Waals surface area contributed by atoms with E-state index < -0.39 is 11.7 Å². The van der Waals surface area contributed by atoms with E-state index in [0.29, 0.717) is 11.8 Å². The van der Waals surface area contributed by atoms with Crippen LogP contribution in [0.5, 0.6) is 0 Å². The maximum atomic E-state index is 13.2. The molecule has 2 aliphatic rings. The number of pyridine rings is 1. The highest BCUT2D eigenvalue weighted by Crippen LogP contribution is 2.33. The first kappa shape index (κ1) is 25.2. The number of rotatable bonds is 6. The number of amides is 2. The lowest BCUT2D eigenvalue weighted by atomic mass is 10.0. The van der Waals surface area contributed by atoms with Crippen molar-refractivity contribution >= 4 is 12.0 Å². The van der Waals surface area contributed by atoms with Crippen LogP contribution in [0, 0.1) is 25.7 Å². The van der Waals surface area contributed by atoms with E-state index in [0.717, 1.165) is 61.4 Å². The highest BCUT2D eigenvalue weighted by Gasteiger charge is 2.42. The number of benzene rings is 1. The summed E-state index contributed by atoms with van der Waals surface area (Å²) in [5.41, 5.74) is 3.39. The van der Waals surface area contributed by atoms with Crippen molar-refractivity contribution in [1.82, 2.24) is 20.1 Å². The van der Waals surface area contributed by atoms with Gasteiger partial charge in [-0.25, -0.2) is 4.79 Å². The predicted molar refractivity (Wildman–Crippen MR) is 136 cm³/mol. The van der Waals surface area contributed by atoms with Gasteiger partial charge in [-0.05, 0) is 75.6 Å². The molecule has 0 spiro atoms. The zero-order chi connectivity index (χ0) is 25.2. The van der Waals surface area contributed by atoms with Crippen molar-refractivity contribution in [1.29, 1.82) is 0 Å². The molecule has 0 aliphatic carbocycles. The molecule has 0 bridgehead atoms. The van der Waals surface area contributed by atoms with E-state index in [1.807, 2.05) is 69.9 Å². The standard InChI is InChI=1S/C28H38N4O3/c1-19-8-6-9-20(2)25(19)26(33)32-17-22-15-31(16-23(22)18-32)13-11-24(21-10-7-12-29-14-21)30-27(34)35-28(3,4)5/h6-10,12,14,22-24H,11,13,15-18H2,1-5H3,(H,30,34). The Hall–Kier alpha value is -2.93. The molecule has 35 heavy (non-hydrogen) atoms. The number of hydrogen-bond acceptors (Lipinski definition) is 5. The zero-order valence-electron chi connectivity index (χ0n) is 21.6. The third-order valence-electron chi connectivity index (χ3n) is 7.06. The number of fused-ring (bicyclic) bond motifs is 1. The van der Waals surface area contributed by atoms with E-state index in [1.54, 1.807) is 12.4 Å². The van der Waals surface area contributed by atoms with Gasteiger partial charge >= 0.3 is 6.09 Å². The molecule has 2 aromatic rings. The smallest absolute Gasteiger partial charge is 0.408 e. The van der Waals surface area contributed by atoms with Crippen molar-refractivity contribution in [2.24, 2.45) is 11.8 Å². The van der Waals surface area contributed by atoms with Crippen LogP contribution in [0.25, 0.3) is 0 Å². The molecule has 2 aliphatic heterocycles. The number of aryl methyl sites for hydroxylation is 2. The van der Waals surface area contributed by atoms with Crippen molar-refractivity contribution in [3.63, 3.8) is 0 Å². The summed E-state index contributed by atoms with van der Waals surface area (Å²) >= 11 is 0. The molecule has 1 N–H and O–H groups in total. The highest BCUT2D eigenvalue weighted by atomic mass is 16.6. The third kappa shape index (κ3) is 6.20. The Kier molecular flexibility index (Phi) is 7.45. The molecule has 4 rings (SSSR count). The van der Waals surface area contributed by atoms with Gasteiger partial charge in [-0.1, -0.05) is 24.3 Å². The fourth-order valence-corrected chi connectivity index (χ4v) is 5.41. The predicted octanol–water partition coefficient (Wildman–Crippen LogP) is 4.36. The van der Waals surface area contributed by atoms with Crippen LogP contribution in [0.4, 0.5) is 4.79 Å². The number of carbonyl (C=O) groups is 2. The Balaban J connectivity index is 1.33. The van der Waals surface area contributed by atoms with Crippen LogP contribution in [-0.2, 0) is 4.74 Å². The molecule has 7 heteroatoms. The van der Waals surface area contributed by atoms with Crippen LogP contribution in [0.2, 0.25) is 0 Å². The number of ether oxygens (including phenoxy) is 1. The first-order valence-corrected chi connectivity index (χ1v) is 12.6. The Morgan fingerprint density at radius 2 is 1.71 bits per heavy atom. The van der Waals surface area contributed by atoms with Crippen molar-refractivity contribution in [3.8, 4) is 0 Å². The minimum atomic E-state index is -0.546. The summed E-state index contributed by atoms with van der Waals surface area (Å²) in [7, 11) is 0. The molecule has 0 radical (unpaired) electrons. The lowest BCUT2D eigenvalue weighted by molar-refractivity contribution is 0.0498. The lowest BCUT2D eigenvalue weighted by Crippen LogP contribution is -2.37. The molecule has 2 fully saturated rings. The van der Waals surface area contributed by atoms with Crippen LogP contribution in [0.15, 0.2) is 42.7 Å². The minimum absolute atomic E-state index is 0.166. The molecular weight excluding hydrogens is 440 g/mol. The van der Waals surface area contributed by atoms with Crippen LogP contribution in [-0.4, -0.2) is 65.1 Å². The Morgan fingerprint density at radius 3 is 2.29 bits per heavy atom. The molecule has 1 aromatic heterocycles. The number of nitrogens with zero attached hydrogens (tertiary/aromatic N) is 3. The molecule has 7 nitrogen and oxygen atoms in total. The molecular formula is C28H38N4O3. The van der Waals surface area contributed by atoms with E-state index in [-0.39, 0.29) is 11.9 Å². The summed E-state index contributed by atoms with van der Waals surface area (Å²) in [5.74, 6) is 1.16. The van der Waals surface area contributed by atoms with Crippen molar-refractivity contribution in [3.05, 3.63) is 65.0 Å². The van der Waals surface area contributed by atoms with E-state index in [1.165, 1.54) is 0 Å². The average Bonchev–Trinajstić information content (AvgIpc) is 3.35. The normalized spacial score (nSPS) is 21.0. The summed E-state index contributed by atoms with van der Waals surface area (Å²) in [6.45, 7) is 14.1. The molecule has 1 aromatic carbocycles. The number of carbonyl (C=O) groups excluding carboxylic acids is 2. The number of hydrogen-bond donors (Lipinski definition) is 1. The van der Waals surface area contributed by atoms with Gasteiger partial charge in [0.2, 0.25) is 0 Å². The molecule has 2 saturated heterocycles. The van der Waals surface area contributed by atoms with Gasteiger partial charge in [-0.2, -0.15) is 0 Å². The van der Waals surface area contributed by atoms with Gasteiger partial charge in [0.15, 0.2) is 0 Å². The van der Waals surface area contributed by atoms with E-state index in [9.17, 15) is 9.59 Å². The Labute approximate surface area is 208 Å². The van der Waals surface area contributed by atoms with Gasteiger partial charge < -0.3 is 19.9 Å². The molecule has 3 heterocycles. The third-order valence-corrected chi connectivity index (χ3v) is 7.06. The highest BCUT2D eigenvalue weighted by molar-refractivity contribution is 5.97. The van der Waals surface area contributed by atoms with Crippen molar-refractivity contribution in [2.75, 3.05) is 32.7 Å². The number of aromatic nitrogens is 1. The number of alkyl carbamates (subject to hydrolysis) is 1. The fraction of sp³-hybridized carbons (Fsp3) is 0.536. The maximum Gasteiger partial charge on any atom is 0.408 e. The van der Waals surface area contributed by atoms with Gasteiger partial charge in [0.1, 0.15) is 5.60 Å². The summed E-state index contributed by atoms with van der Waals surface area (Å²) in [6, 6.07) is 9.76. The summed E-state index contributed by atoms with van der Waals surface area (Å²) in [6.07, 6.45) is 3.90. The second-order valence-corrected chi connectivity index (χ2v) is 11.0. The van der Waals surface area contributed by atoms with Crippen LogP contribution < -0.4 is 5.32 Å².